The monoisotopic (exact) mass is 464 g/mol. The third-order valence-electron chi connectivity index (χ3n) is 7.14. The highest BCUT2D eigenvalue weighted by Gasteiger charge is 2.15. The van der Waals surface area contributed by atoms with Crippen LogP contribution >= 0.6 is 0 Å². The zero-order chi connectivity index (χ0) is 24.2. The lowest BCUT2D eigenvalue weighted by Gasteiger charge is -2.14. The van der Waals surface area contributed by atoms with Crippen molar-refractivity contribution in [2.45, 2.75) is 32.6 Å². The van der Waals surface area contributed by atoms with Gasteiger partial charge < -0.3 is 9.80 Å². The van der Waals surface area contributed by atoms with Crippen LogP contribution in [0.4, 0.5) is 0 Å². The molecule has 0 fully saturated rings. The van der Waals surface area contributed by atoms with Crippen molar-refractivity contribution in [3.8, 4) is 0 Å². The maximum Gasteiger partial charge on any atom is 0.130 e. The summed E-state index contributed by atoms with van der Waals surface area (Å²) < 4.78 is 0. The van der Waals surface area contributed by atoms with E-state index in [4.69, 9.17) is 0 Å². The summed E-state index contributed by atoms with van der Waals surface area (Å²) in [5.74, 6) is 2.24. The van der Waals surface area contributed by atoms with Crippen LogP contribution in [0.3, 0.4) is 0 Å². The fourth-order valence-corrected chi connectivity index (χ4v) is 5.14. The van der Waals surface area contributed by atoms with Crippen LogP contribution in [0.15, 0.2) is 76.7 Å². The molecule has 0 aliphatic carbocycles. The smallest absolute Gasteiger partial charge is 0.130 e. The molecule has 0 spiro atoms. The summed E-state index contributed by atoms with van der Waals surface area (Å²) in [5, 5.41) is 0. The van der Waals surface area contributed by atoms with Crippen molar-refractivity contribution in [2.24, 2.45) is 9.98 Å². The first-order chi connectivity index (χ1) is 17.0. The molecule has 0 bridgehead atoms. The Morgan fingerprint density at radius 3 is 1.34 bits per heavy atom. The van der Waals surface area contributed by atoms with Crippen LogP contribution in [-0.2, 0) is 25.7 Å². The van der Waals surface area contributed by atoms with Crippen molar-refractivity contribution < 1.29 is 0 Å². The standard InChI is InChI=1S/C31H36N4/c1-23-20-26(6-4-24-8-12-28(13-9-24)30-32-16-18-34(30)2)22-27(21-23)7-5-25-10-14-29(15-11-25)31-33-17-19-35(31)3/h8-15,20-22H,4-7,16-19H2,1-3H3. The lowest BCUT2D eigenvalue weighted by atomic mass is 9.96. The number of nitrogens with zero attached hydrogens (tertiary/aromatic N) is 4. The fourth-order valence-electron chi connectivity index (χ4n) is 5.14. The number of benzene rings is 3. The predicted molar refractivity (Wildman–Crippen MR) is 147 cm³/mol. The Morgan fingerprint density at radius 2 is 0.971 bits per heavy atom. The van der Waals surface area contributed by atoms with E-state index in [0.29, 0.717) is 0 Å². The van der Waals surface area contributed by atoms with Crippen LogP contribution in [0.25, 0.3) is 0 Å². The second-order valence-corrected chi connectivity index (χ2v) is 9.97. The Balaban J connectivity index is 1.17. The van der Waals surface area contributed by atoms with Crippen molar-refractivity contribution in [3.63, 3.8) is 0 Å². The van der Waals surface area contributed by atoms with Crippen molar-refractivity contribution in [1.82, 2.24) is 9.80 Å². The molecule has 4 nitrogen and oxygen atoms in total. The largest absolute Gasteiger partial charge is 0.358 e. The fraction of sp³-hybridized carbons (Fsp3) is 0.355. The number of rotatable bonds is 8. The zero-order valence-electron chi connectivity index (χ0n) is 21.3. The third-order valence-corrected chi connectivity index (χ3v) is 7.14. The van der Waals surface area contributed by atoms with E-state index in [1.165, 1.54) is 38.9 Å². The molecule has 2 heterocycles. The average Bonchev–Trinajstić information content (AvgIpc) is 3.50. The molecule has 0 saturated heterocycles. The molecule has 0 radical (unpaired) electrons. The number of amidine groups is 2. The molecule has 4 heteroatoms. The van der Waals surface area contributed by atoms with Gasteiger partial charge in [-0.3, -0.25) is 9.98 Å². The van der Waals surface area contributed by atoms with Crippen molar-refractivity contribution in [1.29, 1.82) is 0 Å². The van der Waals surface area contributed by atoms with Gasteiger partial charge in [0.15, 0.2) is 0 Å². The van der Waals surface area contributed by atoms with Gasteiger partial charge in [0.1, 0.15) is 11.7 Å². The van der Waals surface area contributed by atoms with Gasteiger partial charge in [-0.05, 0) is 54.9 Å². The molecule has 5 rings (SSSR count). The van der Waals surface area contributed by atoms with Gasteiger partial charge >= 0.3 is 0 Å². The third kappa shape index (κ3) is 5.64. The van der Waals surface area contributed by atoms with Crippen LogP contribution in [0.2, 0.25) is 0 Å². The molecule has 0 amide bonds. The van der Waals surface area contributed by atoms with Gasteiger partial charge in [0.05, 0.1) is 13.1 Å². The SMILES string of the molecule is Cc1cc(CCc2ccc(C3=NCCN3C)cc2)cc(CCc2ccc(C3=NCCN3C)cc2)c1. The minimum Gasteiger partial charge on any atom is -0.358 e. The Bertz CT molecular complexity index is 1130. The van der Waals surface area contributed by atoms with Gasteiger partial charge in [-0.15, -0.1) is 0 Å². The van der Waals surface area contributed by atoms with E-state index in [9.17, 15) is 0 Å². The second-order valence-electron chi connectivity index (χ2n) is 9.97. The van der Waals surface area contributed by atoms with E-state index in [1.54, 1.807) is 0 Å². The van der Waals surface area contributed by atoms with E-state index in [-0.39, 0.29) is 0 Å². The van der Waals surface area contributed by atoms with Gasteiger partial charge in [-0.1, -0.05) is 72.3 Å². The molecule has 0 unspecified atom stereocenters. The highest BCUT2D eigenvalue weighted by molar-refractivity contribution is 6.00. The minimum atomic E-state index is 0.905. The van der Waals surface area contributed by atoms with Crippen LogP contribution in [-0.4, -0.2) is 61.7 Å². The molecule has 3 aromatic carbocycles. The Kier molecular flexibility index (Phi) is 6.98. The normalized spacial score (nSPS) is 15.5. The summed E-state index contributed by atoms with van der Waals surface area (Å²) >= 11 is 0. The lowest BCUT2D eigenvalue weighted by Crippen LogP contribution is -2.23. The molecular weight excluding hydrogens is 428 g/mol. The Morgan fingerprint density at radius 1 is 0.571 bits per heavy atom. The van der Waals surface area contributed by atoms with Gasteiger partial charge in [0.25, 0.3) is 0 Å². The maximum atomic E-state index is 4.63. The quantitative estimate of drug-likeness (QED) is 0.472. The molecule has 0 atom stereocenters. The van der Waals surface area contributed by atoms with Crippen molar-refractivity contribution >= 4 is 11.7 Å². The number of likely N-dealkylation sites (N-methyl/N-ethyl adjacent to an activating group) is 2. The number of hydrogen-bond donors (Lipinski definition) is 0. The Hall–Kier alpha value is -3.40. The molecule has 180 valence electrons. The summed E-state index contributed by atoms with van der Waals surface area (Å²) in [5.41, 5.74) is 9.44. The van der Waals surface area contributed by atoms with E-state index in [1.807, 2.05) is 0 Å². The molecule has 2 aliphatic heterocycles. The van der Waals surface area contributed by atoms with E-state index in [0.717, 1.165) is 63.5 Å². The molecule has 35 heavy (non-hydrogen) atoms. The second kappa shape index (κ2) is 10.5. The van der Waals surface area contributed by atoms with Crippen LogP contribution in [0.5, 0.6) is 0 Å². The summed E-state index contributed by atoms with van der Waals surface area (Å²) in [4.78, 5) is 13.7. The minimum absolute atomic E-state index is 0.905. The summed E-state index contributed by atoms with van der Waals surface area (Å²) in [6.45, 7) is 6.06. The molecule has 3 aromatic rings. The highest BCUT2D eigenvalue weighted by atomic mass is 15.2. The topological polar surface area (TPSA) is 31.2 Å². The zero-order valence-corrected chi connectivity index (χ0v) is 21.3. The summed E-state index contributed by atoms with van der Waals surface area (Å²) in [6, 6.07) is 25.0. The Labute approximate surface area is 210 Å². The molecular formula is C31H36N4. The molecule has 0 saturated carbocycles. The first-order valence-corrected chi connectivity index (χ1v) is 12.8. The van der Waals surface area contributed by atoms with Crippen molar-refractivity contribution in [2.75, 3.05) is 40.3 Å². The molecule has 0 N–H and O–H groups in total. The molecule has 0 aromatic heterocycles. The van der Waals surface area contributed by atoms with Gasteiger partial charge in [0, 0.05) is 38.3 Å². The highest BCUT2D eigenvalue weighted by Crippen LogP contribution is 2.18. The van der Waals surface area contributed by atoms with E-state index >= 15 is 0 Å². The van der Waals surface area contributed by atoms with Gasteiger partial charge in [0.2, 0.25) is 0 Å². The van der Waals surface area contributed by atoms with Crippen LogP contribution in [0, 0.1) is 6.92 Å². The van der Waals surface area contributed by atoms with Gasteiger partial charge in [-0.25, -0.2) is 0 Å². The van der Waals surface area contributed by atoms with Crippen LogP contribution < -0.4 is 0 Å². The maximum absolute atomic E-state index is 4.63. The van der Waals surface area contributed by atoms with E-state index < -0.39 is 0 Å². The van der Waals surface area contributed by atoms with Crippen molar-refractivity contribution in [3.05, 3.63) is 106 Å². The number of aliphatic imine (C=N–C) groups is 2. The first-order valence-electron chi connectivity index (χ1n) is 12.8. The first kappa shape index (κ1) is 23.3. The molecule has 2 aliphatic rings. The van der Waals surface area contributed by atoms with Gasteiger partial charge in [-0.2, -0.15) is 0 Å². The average molecular weight is 465 g/mol. The van der Waals surface area contributed by atoms with E-state index in [2.05, 4.69) is 108 Å². The van der Waals surface area contributed by atoms with Crippen LogP contribution in [0.1, 0.15) is 38.9 Å². The predicted octanol–water partition coefficient (Wildman–Crippen LogP) is 4.95. The summed E-state index contributed by atoms with van der Waals surface area (Å²) in [6.07, 6.45) is 4.26. The lowest BCUT2D eigenvalue weighted by molar-refractivity contribution is 0.557. The summed E-state index contributed by atoms with van der Waals surface area (Å²) in [7, 11) is 4.24. The number of aryl methyl sites for hydroxylation is 5. The number of hydrogen-bond acceptors (Lipinski definition) is 4.